The molecule has 4 aromatic rings. The summed E-state index contributed by atoms with van der Waals surface area (Å²) >= 11 is 0. The van der Waals surface area contributed by atoms with Gasteiger partial charge in [0.2, 0.25) is 5.43 Å². The van der Waals surface area contributed by atoms with Gasteiger partial charge in [0.1, 0.15) is 29.7 Å². The first-order valence-electron chi connectivity index (χ1n) is 12.7. The highest BCUT2D eigenvalue weighted by Gasteiger charge is 2.29. The predicted molar refractivity (Wildman–Crippen MR) is 148 cm³/mol. The zero-order chi connectivity index (χ0) is 28.8. The van der Waals surface area contributed by atoms with Gasteiger partial charge in [0, 0.05) is 18.2 Å². The number of aryl methyl sites for hydroxylation is 1. The number of nitrogens with one attached hydrogen (secondary N) is 1. The summed E-state index contributed by atoms with van der Waals surface area (Å²) in [6.45, 7) is 5.36. The lowest BCUT2D eigenvalue weighted by Crippen LogP contribution is -2.47. The number of alkyl carbamates (subject to hydrolysis) is 1. The second kappa shape index (κ2) is 12.2. The van der Waals surface area contributed by atoms with E-state index in [1.807, 2.05) is 44.2 Å². The highest BCUT2D eigenvalue weighted by Crippen LogP contribution is 2.28. The van der Waals surface area contributed by atoms with Gasteiger partial charge >= 0.3 is 12.1 Å². The molecule has 1 heterocycles. The van der Waals surface area contributed by atoms with Crippen molar-refractivity contribution in [2.75, 3.05) is 0 Å². The van der Waals surface area contributed by atoms with Gasteiger partial charge in [0.05, 0.1) is 15.9 Å². The fourth-order valence-corrected chi connectivity index (χ4v) is 4.17. The van der Waals surface area contributed by atoms with Gasteiger partial charge in [0.25, 0.3) is 5.69 Å². The number of carbonyl (C=O) groups is 2. The number of hydrogen-bond acceptors (Lipinski definition) is 8. The van der Waals surface area contributed by atoms with Crippen LogP contribution in [0.2, 0.25) is 0 Å². The maximum atomic E-state index is 13.3. The van der Waals surface area contributed by atoms with Crippen LogP contribution in [0.5, 0.6) is 5.75 Å². The number of nitro groups is 1. The fraction of sp³-hybridized carbons (Fsp3) is 0.233. The Bertz CT molecular complexity index is 1600. The zero-order valence-electron chi connectivity index (χ0n) is 22.2. The number of hydrogen-bond donors (Lipinski definition) is 1. The minimum Gasteiger partial charge on any atom is -0.460 e. The van der Waals surface area contributed by atoms with E-state index in [1.165, 1.54) is 42.5 Å². The van der Waals surface area contributed by atoms with Crippen LogP contribution in [0.4, 0.5) is 10.5 Å². The number of esters is 1. The molecule has 1 amide bonds. The summed E-state index contributed by atoms with van der Waals surface area (Å²) < 4.78 is 16.7. The van der Waals surface area contributed by atoms with Crippen LogP contribution in [0.25, 0.3) is 22.1 Å². The minimum absolute atomic E-state index is 0.0554. The van der Waals surface area contributed by atoms with E-state index in [2.05, 4.69) is 5.32 Å². The molecule has 2 unspecified atom stereocenters. The Morgan fingerprint density at radius 1 is 1.05 bits per heavy atom. The van der Waals surface area contributed by atoms with E-state index in [1.54, 1.807) is 6.92 Å². The molecule has 0 saturated carbocycles. The lowest BCUT2D eigenvalue weighted by atomic mass is 9.99. The summed E-state index contributed by atoms with van der Waals surface area (Å²) in [5, 5.41) is 13.8. The molecular formula is C30H28N2O8. The summed E-state index contributed by atoms with van der Waals surface area (Å²) in [6, 6.07) is 18.2. The largest absolute Gasteiger partial charge is 0.460 e. The molecule has 1 aromatic heterocycles. The lowest BCUT2D eigenvalue weighted by molar-refractivity contribution is -0.384. The van der Waals surface area contributed by atoms with Crippen LogP contribution in [0, 0.1) is 23.0 Å². The van der Waals surface area contributed by atoms with E-state index in [4.69, 9.17) is 13.9 Å². The summed E-state index contributed by atoms with van der Waals surface area (Å²) in [5.74, 6) is -0.500. The van der Waals surface area contributed by atoms with Crippen LogP contribution in [0.3, 0.4) is 0 Å². The number of fused-ring (bicyclic) bond motifs is 1. The Kier molecular flexibility index (Phi) is 8.58. The van der Waals surface area contributed by atoms with Crippen LogP contribution in [0.1, 0.15) is 31.6 Å². The van der Waals surface area contributed by atoms with Crippen molar-refractivity contribution in [2.45, 2.75) is 39.8 Å². The number of ether oxygens (including phenoxy) is 2. The molecule has 3 aromatic carbocycles. The Hall–Kier alpha value is -4.99. The summed E-state index contributed by atoms with van der Waals surface area (Å²) in [6.07, 6.45) is -0.152. The molecule has 0 radical (unpaired) electrons. The quantitative estimate of drug-likeness (QED) is 0.119. The number of benzene rings is 3. The van der Waals surface area contributed by atoms with Gasteiger partial charge in [-0.1, -0.05) is 50.6 Å². The van der Waals surface area contributed by atoms with E-state index >= 15 is 0 Å². The van der Waals surface area contributed by atoms with Crippen molar-refractivity contribution < 1.29 is 28.4 Å². The molecule has 0 fully saturated rings. The molecule has 0 aliphatic heterocycles. The standard InChI is InChI=1S/C30H28N2O8/c1-4-18(2)27(31-30(35)38-17-20-8-6-5-7-9-20)29(34)40-23-14-15-24-25(16-23)39-19(3)26(28(24)33)21-10-12-22(13-11-21)32(36)37/h5-16,18,27H,4,17H2,1-3H3,(H,31,35). The van der Waals surface area contributed by atoms with Crippen LogP contribution in [0.15, 0.2) is 82.0 Å². The van der Waals surface area contributed by atoms with Gasteiger partial charge in [0.15, 0.2) is 0 Å². The lowest BCUT2D eigenvalue weighted by Gasteiger charge is -2.22. The first-order chi connectivity index (χ1) is 19.2. The minimum atomic E-state index is -0.970. The molecule has 10 heteroatoms. The van der Waals surface area contributed by atoms with Gasteiger partial charge in [-0.15, -0.1) is 0 Å². The van der Waals surface area contributed by atoms with Crippen molar-refractivity contribution in [3.05, 3.63) is 104 Å². The van der Waals surface area contributed by atoms with E-state index in [9.17, 15) is 24.5 Å². The van der Waals surface area contributed by atoms with Crippen LogP contribution in [-0.2, 0) is 16.1 Å². The van der Waals surface area contributed by atoms with Crippen LogP contribution < -0.4 is 15.5 Å². The number of nitrogens with zero attached hydrogens (tertiary/aromatic N) is 1. The van der Waals surface area contributed by atoms with Gasteiger partial charge in [-0.05, 0) is 48.2 Å². The van der Waals surface area contributed by atoms with Gasteiger partial charge in [-0.2, -0.15) is 0 Å². The monoisotopic (exact) mass is 544 g/mol. The van der Waals surface area contributed by atoms with Crippen molar-refractivity contribution in [1.29, 1.82) is 0 Å². The number of carbonyl (C=O) groups excluding carboxylic acids is 2. The first-order valence-corrected chi connectivity index (χ1v) is 12.7. The molecular weight excluding hydrogens is 516 g/mol. The van der Waals surface area contributed by atoms with Gasteiger partial charge < -0.3 is 19.2 Å². The van der Waals surface area contributed by atoms with E-state index in [0.717, 1.165) is 5.56 Å². The predicted octanol–water partition coefficient (Wildman–Crippen LogP) is 5.92. The maximum absolute atomic E-state index is 13.3. The Morgan fingerprint density at radius 2 is 1.75 bits per heavy atom. The number of nitro benzene ring substituents is 1. The molecule has 0 bridgehead atoms. The van der Waals surface area contributed by atoms with E-state index < -0.39 is 23.0 Å². The van der Waals surface area contributed by atoms with Crippen molar-refractivity contribution >= 4 is 28.7 Å². The molecule has 2 atom stereocenters. The highest BCUT2D eigenvalue weighted by atomic mass is 16.6. The normalized spacial score (nSPS) is 12.4. The molecule has 4 rings (SSSR count). The smallest absolute Gasteiger partial charge is 0.408 e. The third-order valence-electron chi connectivity index (χ3n) is 6.58. The molecule has 206 valence electrons. The number of amides is 1. The second-order valence-electron chi connectivity index (χ2n) is 9.31. The molecule has 0 aliphatic carbocycles. The molecule has 10 nitrogen and oxygen atoms in total. The Balaban J connectivity index is 1.52. The van der Waals surface area contributed by atoms with Crippen molar-refractivity contribution in [3.63, 3.8) is 0 Å². The molecule has 0 aliphatic rings. The zero-order valence-corrected chi connectivity index (χ0v) is 22.2. The number of rotatable bonds is 9. The van der Waals surface area contributed by atoms with Crippen molar-refractivity contribution in [1.82, 2.24) is 5.32 Å². The summed E-state index contributed by atoms with van der Waals surface area (Å²) in [4.78, 5) is 49.2. The van der Waals surface area contributed by atoms with Gasteiger partial charge in [-0.3, -0.25) is 14.9 Å². The molecule has 0 saturated heterocycles. The van der Waals surface area contributed by atoms with Gasteiger partial charge in [-0.25, -0.2) is 9.59 Å². The van der Waals surface area contributed by atoms with Crippen LogP contribution >= 0.6 is 0 Å². The van der Waals surface area contributed by atoms with E-state index in [-0.39, 0.29) is 45.9 Å². The Morgan fingerprint density at radius 3 is 2.40 bits per heavy atom. The van der Waals surface area contributed by atoms with Crippen molar-refractivity contribution in [2.24, 2.45) is 5.92 Å². The Labute approximate surface area is 229 Å². The number of non-ortho nitro benzene ring substituents is 1. The third-order valence-corrected chi connectivity index (χ3v) is 6.58. The molecule has 1 N–H and O–H groups in total. The maximum Gasteiger partial charge on any atom is 0.408 e. The summed E-state index contributed by atoms with van der Waals surface area (Å²) in [7, 11) is 0. The highest BCUT2D eigenvalue weighted by molar-refractivity contribution is 5.86. The average Bonchev–Trinajstić information content (AvgIpc) is 2.95. The molecule has 40 heavy (non-hydrogen) atoms. The topological polar surface area (TPSA) is 138 Å². The van der Waals surface area contributed by atoms with E-state index in [0.29, 0.717) is 17.7 Å². The fourth-order valence-electron chi connectivity index (χ4n) is 4.17. The summed E-state index contributed by atoms with van der Waals surface area (Å²) in [5.41, 5.74) is 1.36. The first kappa shape index (κ1) is 28.0. The average molecular weight is 545 g/mol. The van der Waals surface area contributed by atoms with Crippen molar-refractivity contribution in [3.8, 4) is 16.9 Å². The SMILES string of the molecule is CCC(C)C(NC(=O)OCc1ccccc1)C(=O)Oc1ccc2c(=O)c(-c3ccc([N+](=O)[O-])cc3)c(C)oc2c1. The molecule has 0 spiro atoms. The second-order valence-corrected chi connectivity index (χ2v) is 9.31. The van der Waals surface area contributed by atoms with Crippen LogP contribution in [-0.4, -0.2) is 23.0 Å². The third kappa shape index (κ3) is 6.35.